The predicted molar refractivity (Wildman–Crippen MR) is 625 cm³/mol. The Morgan fingerprint density at radius 2 is 0.420 bits per heavy atom. The molecular formula is C125H265N13. The van der Waals surface area contributed by atoms with E-state index >= 15 is 0 Å². The van der Waals surface area contributed by atoms with Gasteiger partial charge in [-0.25, -0.2) is 0 Å². The second kappa shape index (κ2) is 81.4. The van der Waals surface area contributed by atoms with Crippen LogP contribution in [0.5, 0.6) is 0 Å². The first-order chi connectivity index (χ1) is 64.7. The standard InChI is InChI=1S/C12H25N.2C11H23N.3C10H21N.5C9H19N.C8H17N.C7H15N.CH4/c1-10(2)8-12-6-5-7-13(9-12)11(3)4;1-9(2)11-6-5-7-12(8-11)10(3)4;1-4-5-11-6-8-12(9-7-11)10(2)3;1-8(2)11-6-9(3)5-10(4)7-11;2*1-4-10-5-7-11(8-6-10)9(2)3;2*1-8(2)10-6-4-9(3)5-7-10;1-8(2)10-6-4-5-9(3)7-10;1-9(2)10-7-5-3-4-6-8-10;1-4-9-5-6-10(7-9)8(2)3;1-8(2)9-6-4-3-5-7-9;1-7(2)8-5-3-4-6-8;/h10-12H,5-9H2,1-4H3;9-11H,5-8H2,1-4H3;10-11H,4-9H2,1-3H3;8-10H,5-7H2,1-4H3;2*9-10H,4-8H2,1-3H3;3*8-9H,4-7H2,1-3H3;9H,3-8H2,1-2H3;8-9H,4-7H2,1-3H3;8H,3-7H2,1-2H3;7H,3-6H2,1-2H3;1H4. The quantitative estimate of drug-likeness (QED) is 0.110. The van der Waals surface area contributed by atoms with Crippen LogP contribution in [-0.4, -0.2) is 312 Å². The van der Waals surface area contributed by atoms with E-state index in [1.54, 1.807) is 0 Å². The first kappa shape index (κ1) is 137. The SMILES string of the molecule is C.CC(C)C1CCCN(C(C)C)C1.CC(C)CC1CCCN(C(C)C)C1.CC(C)N1CCCC1.CC(C)N1CCCCC1.CC(C)N1CCCCCC1.CC1CC(C)CN(C(C)C)C1.CC1CCCN(C(C)C)C1.CC1CCN(C(C)C)CC1.CC1CCN(C(C)C)CC1.CCC1CCN(C(C)C)C1.CCC1CCN(C(C)C)CC1.CCC1CCN(C(C)C)CC1.CCCC1CCN(C(C)C)CC1. The van der Waals surface area contributed by atoms with Crippen LogP contribution < -0.4 is 0 Å². The second-order valence-electron chi connectivity index (χ2n) is 51.5. The van der Waals surface area contributed by atoms with E-state index in [-0.39, 0.29) is 7.43 Å². The van der Waals surface area contributed by atoms with Gasteiger partial charge in [0.15, 0.2) is 0 Å². The van der Waals surface area contributed by atoms with Crippen molar-refractivity contribution in [1.82, 2.24) is 63.7 Å². The van der Waals surface area contributed by atoms with E-state index in [1.165, 1.54) is 382 Å². The highest BCUT2D eigenvalue weighted by molar-refractivity contribution is 4.84. The lowest BCUT2D eigenvalue weighted by Gasteiger charge is -2.37. The van der Waals surface area contributed by atoms with Crippen molar-refractivity contribution in [2.45, 2.75) is 568 Å². The molecule has 0 spiro atoms. The summed E-state index contributed by atoms with van der Waals surface area (Å²) in [5, 5.41) is 0. The number of likely N-dealkylation sites (tertiary alicyclic amines) is 13. The summed E-state index contributed by atoms with van der Waals surface area (Å²) in [7, 11) is 0. The van der Waals surface area contributed by atoms with E-state index in [0.29, 0.717) is 0 Å². The average molecular weight is 1950 g/mol. The predicted octanol–water partition coefficient (Wildman–Crippen LogP) is 31.0. The maximum Gasteiger partial charge on any atom is 0.00388 e. The Morgan fingerprint density at radius 3 is 0.696 bits per heavy atom. The summed E-state index contributed by atoms with van der Waals surface area (Å²) in [4.78, 5) is 33.6. The fraction of sp³-hybridized carbons (Fsp3) is 1.00. The molecule has 0 amide bonds. The van der Waals surface area contributed by atoms with Crippen molar-refractivity contribution >= 4 is 0 Å². The Hall–Kier alpha value is -0.520. The molecule has 13 aliphatic rings. The molecule has 138 heavy (non-hydrogen) atoms. The van der Waals surface area contributed by atoms with Gasteiger partial charge in [-0.1, -0.05) is 149 Å². The number of hydrogen-bond acceptors (Lipinski definition) is 13. The van der Waals surface area contributed by atoms with Crippen molar-refractivity contribution in [3.63, 3.8) is 0 Å². The van der Waals surface area contributed by atoms with Gasteiger partial charge < -0.3 is 63.7 Å². The maximum absolute atomic E-state index is 2.64. The maximum atomic E-state index is 2.64. The number of hydrogen-bond donors (Lipinski definition) is 0. The summed E-state index contributed by atoms with van der Waals surface area (Å²) in [5.74, 6) is 12.4. The molecule has 0 aromatic rings. The third-order valence-corrected chi connectivity index (χ3v) is 34.4. The zero-order chi connectivity index (χ0) is 103. The number of piperidine rings is 10. The van der Waals surface area contributed by atoms with Gasteiger partial charge in [0.25, 0.3) is 0 Å². The second-order valence-corrected chi connectivity index (χ2v) is 51.5. The third-order valence-electron chi connectivity index (χ3n) is 34.4. The third kappa shape index (κ3) is 65.5. The van der Waals surface area contributed by atoms with Crippen LogP contribution in [0.3, 0.4) is 0 Å². The van der Waals surface area contributed by atoms with Crippen LogP contribution in [0.2, 0.25) is 0 Å². The molecule has 0 N–H and O–H groups in total. The normalized spacial score (nSPS) is 25.3. The summed E-state index contributed by atoms with van der Waals surface area (Å²) < 4.78 is 0. The molecule has 0 aromatic carbocycles. The summed E-state index contributed by atoms with van der Waals surface area (Å²) in [6.07, 6.45) is 46.8. The fourth-order valence-electron chi connectivity index (χ4n) is 23.3. The Morgan fingerprint density at radius 1 is 0.188 bits per heavy atom. The molecule has 6 atom stereocenters. The highest BCUT2D eigenvalue weighted by Gasteiger charge is 2.30. The molecule has 13 heterocycles. The van der Waals surface area contributed by atoms with E-state index in [0.717, 1.165) is 155 Å². The molecule has 0 radical (unpaired) electrons. The van der Waals surface area contributed by atoms with Crippen molar-refractivity contribution in [3.05, 3.63) is 0 Å². The molecule has 0 bridgehead atoms. The van der Waals surface area contributed by atoms with E-state index in [1.807, 2.05) is 0 Å². The molecular weight excluding hydrogens is 1680 g/mol. The van der Waals surface area contributed by atoms with Crippen LogP contribution in [0, 0.1) is 76.9 Å². The van der Waals surface area contributed by atoms with Gasteiger partial charge in [0.2, 0.25) is 0 Å². The number of nitrogens with zero attached hydrogens (tertiary/aromatic N) is 13. The molecule has 13 heteroatoms. The summed E-state index contributed by atoms with van der Waals surface area (Å²) in [6, 6.07) is 9.83. The van der Waals surface area contributed by atoms with E-state index in [4.69, 9.17) is 0 Å². The minimum absolute atomic E-state index is 0. The Bertz CT molecular complexity index is 2510. The van der Waals surface area contributed by atoms with Gasteiger partial charge in [-0.2, -0.15) is 0 Å². The highest BCUT2D eigenvalue weighted by Crippen LogP contribution is 2.31. The molecule has 0 aromatic heterocycles. The fourth-order valence-corrected chi connectivity index (χ4v) is 23.3. The number of rotatable bonds is 21. The molecule has 13 aliphatic heterocycles. The largest absolute Gasteiger partial charge is 0.301 e. The Kier molecular flexibility index (Phi) is 81.0. The minimum Gasteiger partial charge on any atom is -0.301 e. The molecule has 13 fully saturated rings. The lowest BCUT2D eigenvalue weighted by molar-refractivity contribution is 0.111. The molecule has 13 rings (SSSR count). The van der Waals surface area contributed by atoms with Crippen molar-refractivity contribution in [3.8, 4) is 0 Å². The van der Waals surface area contributed by atoms with Gasteiger partial charge in [-0.15, -0.1) is 0 Å². The van der Waals surface area contributed by atoms with Gasteiger partial charge in [0, 0.05) is 118 Å². The molecule has 0 saturated carbocycles. The molecule has 0 aliphatic carbocycles. The lowest BCUT2D eigenvalue weighted by atomic mass is 9.87. The Labute approximate surface area is 873 Å². The summed E-state index contributed by atoms with van der Waals surface area (Å²) in [6.45, 7) is 125. The van der Waals surface area contributed by atoms with E-state index in [2.05, 4.69) is 334 Å². The van der Waals surface area contributed by atoms with Crippen LogP contribution in [0.15, 0.2) is 0 Å². The van der Waals surface area contributed by atoms with Gasteiger partial charge in [0.1, 0.15) is 0 Å². The summed E-state index contributed by atoms with van der Waals surface area (Å²) >= 11 is 0. The van der Waals surface area contributed by atoms with Crippen LogP contribution in [-0.2, 0) is 0 Å². The molecule has 13 nitrogen and oxygen atoms in total. The van der Waals surface area contributed by atoms with Crippen LogP contribution >= 0.6 is 0 Å². The van der Waals surface area contributed by atoms with Crippen molar-refractivity contribution in [1.29, 1.82) is 0 Å². The van der Waals surface area contributed by atoms with E-state index < -0.39 is 0 Å². The lowest BCUT2D eigenvalue weighted by Crippen LogP contribution is -2.42. The van der Waals surface area contributed by atoms with Crippen molar-refractivity contribution < 1.29 is 0 Å². The van der Waals surface area contributed by atoms with Crippen LogP contribution in [0.4, 0.5) is 0 Å². The highest BCUT2D eigenvalue weighted by atomic mass is 15.2. The van der Waals surface area contributed by atoms with Gasteiger partial charge in [-0.3, -0.25) is 0 Å². The molecule has 6 unspecified atom stereocenters. The topological polar surface area (TPSA) is 42.1 Å². The van der Waals surface area contributed by atoms with Gasteiger partial charge in [-0.05, 0) is 548 Å². The van der Waals surface area contributed by atoms with Crippen molar-refractivity contribution in [2.24, 2.45) is 76.9 Å². The Balaban J connectivity index is 0.00000147. The van der Waals surface area contributed by atoms with Crippen molar-refractivity contribution in [2.75, 3.05) is 170 Å². The van der Waals surface area contributed by atoms with E-state index in [9.17, 15) is 0 Å². The summed E-state index contributed by atoms with van der Waals surface area (Å²) in [5.41, 5.74) is 0. The minimum atomic E-state index is 0. The monoisotopic (exact) mass is 1950 g/mol. The first-order valence-electron chi connectivity index (χ1n) is 61.4. The first-order valence-corrected chi connectivity index (χ1v) is 61.4. The zero-order valence-electron chi connectivity index (χ0n) is 102. The van der Waals surface area contributed by atoms with Gasteiger partial charge >= 0.3 is 0 Å². The zero-order valence-corrected chi connectivity index (χ0v) is 102. The van der Waals surface area contributed by atoms with Gasteiger partial charge in [0.05, 0.1) is 0 Å². The molecule has 13 saturated heterocycles. The van der Waals surface area contributed by atoms with Crippen LogP contribution in [0.1, 0.15) is 489 Å². The average Bonchev–Trinajstić information content (AvgIpc) is 1.65. The molecule has 830 valence electrons. The van der Waals surface area contributed by atoms with Crippen LogP contribution in [0.25, 0.3) is 0 Å². The smallest absolute Gasteiger partial charge is 0.00388 e.